The number of aromatic nitrogens is 1. The minimum Gasteiger partial charge on any atom is -0.385 e. The summed E-state index contributed by atoms with van der Waals surface area (Å²) in [5.74, 6) is -0.123. The number of nitrogens with one attached hydrogen (secondary N) is 2. The van der Waals surface area contributed by atoms with E-state index in [4.69, 9.17) is 0 Å². The number of amides is 1. The molecule has 2 aromatic rings. The molecule has 0 aliphatic carbocycles. The van der Waals surface area contributed by atoms with E-state index in [0.717, 1.165) is 23.5 Å². The van der Waals surface area contributed by atoms with Gasteiger partial charge in [0.25, 0.3) is 5.91 Å². The highest BCUT2D eigenvalue weighted by molar-refractivity contribution is 6.04. The van der Waals surface area contributed by atoms with Crippen molar-refractivity contribution in [3.8, 4) is 0 Å². The Morgan fingerprint density at radius 1 is 1.20 bits per heavy atom. The molecule has 0 atom stereocenters. The van der Waals surface area contributed by atoms with Gasteiger partial charge in [-0.25, -0.2) is 0 Å². The number of hydrogen-bond acceptors (Lipinski definition) is 3. The molecule has 0 spiro atoms. The molecule has 1 amide bonds. The second-order valence-corrected chi connectivity index (χ2v) is 4.70. The zero-order valence-corrected chi connectivity index (χ0v) is 12.0. The average Bonchev–Trinajstić information content (AvgIpc) is 2.44. The van der Waals surface area contributed by atoms with Crippen molar-refractivity contribution in [1.82, 2.24) is 4.98 Å². The Kier molecular flexibility index (Phi) is 4.35. The predicted octanol–water partition coefficient (Wildman–Crippen LogP) is 3.38. The lowest BCUT2D eigenvalue weighted by molar-refractivity contribution is 0.102. The molecule has 2 rings (SSSR count). The summed E-state index contributed by atoms with van der Waals surface area (Å²) < 4.78 is 0. The lowest BCUT2D eigenvalue weighted by Crippen LogP contribution is -2.12. The molecular formula is C16H19N3O. The summed E-state index contributed by atoms with van der Waals surface area (Å²) in [5, 5.41) is 6.10. The van der Waals surface area contributed by atoms with E-state index in [9.17, 15) is 4.79 Å². The summed E-state index contributed by atoms with van der Waals surface area (Å²) in [6.07, 6.45) is 1.66. The zero-order valence-electron chi connectivity index (χ0n) is 12.0. The lowest BCUT2D eigenvalue weighted by Gasteiger charge is -2.10. The molecule has 4 heteroatoms. The molecule has 1 aromatic carbocycles. The normalized spacial score (nSPS) is 10.2. The third kappa shape index (κ3) is 3.35. The first-order valence-electron chi connectivity index (χ1n) is 6.68. The van der Waals surface area contributed by atoms with E-state index in [0.29, 0.717) is 11.3 Å². The van der Waals surface area contributed by atoms with Gasteiger partial charge in [-0.15, -0.1) is 0 Å². The minimum atomic E-state index is -0.123. The summed E-state index contributed by atoms with van der Waals surface area (Å²) in [6, 6.07) is 9.35. The van der Waals surface area contributed by atoms with Crippen molar-refractivity contribution in [1.29, 1.82) is 0 Å². The van der Waals surface area contributed by atoms with Gasteiger partial charge in [0.1, 0.15) is 0 Å². The Morgan fingerprint density at radius 3 is 2.60 bits per heavy atom. The number of anilines is 2. The lowest BCUT2D eigenvalue weighted by atomic mass is 10.1. The standard InChI is InChI=1S/C16H19N3O/c1-4-17-15-8-6-13(9-11(15)2)16(20)19-14-7-5-12(3)18-10-14/h5-10,17H,4H2,1-3H3,(H,19,20). The van der Waals surface area contributed by atoms with Crippen LogP contribution in [0.25, 0.3) is 0 Å². The SMILES string of the molecule is CCNc1ccc(C(=O)Nc2ccc(C)nc2)cc1C. The highest BCUT2D eigenvalue weighted by Gasteiger charge is 2.08. The fraction of sp³-hybridized carbons (Fsp3) is 0.250. The van der Waals surface area contributed by atoms with Crippen LogP contribution in [-0.4, -0.2) is 17.4 Å². The number of hydrogen-bond donors (Lipinski definition) is 2. The summed E-state index contributed by atoms with van der Waals surface area (Å²) in [4.78, 5) is 16.3. The van der Waals surface area contributed by atoms with Gasteiger partial charge in [0.15, 0.2) is 0 Å². The van der Waals surface area contributed by atoms with Gasteiger partial charge < -0.3 is 10.6 Å². The van der Waals surface area contributed by atoms with Gasteiger partial charge in [-0.3, -0.25) is 9.78 Å². The molecule has 0 aliphatic rings. The van der Waals surface area contributed by atoms with Crippen molar-refractivity contribution in [2.24, 2.45) is 0 Å². The summed E-state index contributed by atoms with van der Waals surface area (Å²) in [6.45, 7) is 6.81. The maximum Gasteiger partial charge on any atom is 0.255 e. The Morgan fingerprint density at radius 2 is 2.00 bits per heavy atom. The van der Waals surface area contributed by atoms with Crippen molar-refractivity contribution in [3.05, 3.63) is 53.3 Å². The molecule has 4 nitrogen and oxygen atoms in total. The molecule has 1 aromatic heterocycles. The van der Waals surface area contributed by atoms with Crippen LogP contribution in [0.2, 0.25) is 0 Å². The van der Waals surface area contributed by atoms with E-state index in [2.05, 4.69) is 15.6 Å². The van der Waals surface area contributed by atoms with E-state index < -0.39 is 0 Å². The highest BCUT2D eigenvalue weighted by atomic mass is 16.1. The zero-order chi connectivity index (χ0) is 14.5. The molecule has 104 valence electrons. The molecule has 0 unspecified atom stereocenters. The maximum absolute atomic E-state index is 12.2. The van der Waals surface area contributed by atoms with Gasteiger partial charge in [0, 0.05) is 23.5 Å². The number of carbonyl (C=O) groups excluding carboxylic acids is 1. The van der Waals surface area contributed by atoms with Crippen LogP contribution in [-0.2, 0) is 0 Å². The van der Waals surface area contributed by atoms with Gasteiger partial charge in [-0.05, 0) is 56.7 Å². The number of benzene rings is 1. The molecule has 0 aliphatic heterocycles. The molecule has 0 bridgehead atoms. The third-order valence-electron chi connectivity index (χ3n) is 3.03. The molecule has 20 heavy (non-hydrogen) atoms. The molecule has 0 saturated carbocycles. The van der Waals surface area contributed by atoms with Crippen molar-refractivity contribution < 1.29 is 4.79 Å². The van der Waals surface area contributed by atoms with Gasteiger partial charge in [-0.2, -0.15) is 0 Å². The second-order valence-electron chi connectivity index (χ2n) is 4.70. The summed E-state index contributed by atoms with van der Waals surface area (Å²) in [7, 11) is 0. The van der Waals surface area contributed by atoms with Crippen LogP contribution in [0.4, 0.5) is 11.4 Å². The van der Waals surface area contributed by atoms with Gasteiger partial charge in [0.05, 0.1) is 11.9 Å². The van der Waals surface area contributed by atoms with E-state index in [1.54, 1.807) is 6.20 Å². The van der Waals surface area contributed by atoms with Crippen LogP contribution in [0.1, 0.15) is 28.5 Å². The van der Waals surface area contributed by atoms with Crippen LogP contribution >= 0.6 is 0 Å². The third-order valence-corrected chi connectivity index (χ3v) is 3.03. The Balaban J connectivity index is 2.13. The van der Waals surface area contributed by atoms with Crippen LogP contribution in [0.5, 0.6) is 0 Å². The largest absolute Gasteiger partial charge is 0.385 e. The monoisotopic (exact) mass is 269 g/mol. The van der Waals surface area contributed by atoms with Crippen LogP contribution in [0.15, 0.2) is 36.5 Å². The van der Waals surface area contributed by atoms with E-state index in [-0.39, 0.29) is 5.91 Å². The van der Waals surface area contributed by atoms with Gasteiger partial charge >= 0.3 is 0 Å². The fourth-order valence-corrected chi connectivity index (χ4v) is 1.94. The Labute approximate surface area is 119 Å². The van der Waals surface area contributed by atoms with E-state index >= 15 is 0 Å². The first-order valence-corrected chi connectivity index (χ1v) is 6.68. The van der Waals surface area contributed by atoms with Crippen LogP contribution in [0.3, 0.4) is 0 Å². The van der Waals surface area contributed by atoms with E-state index in [1.807, 2.05) is 51.1 Å². The Bertz CT molecular complexity index is 606. The number of nitrogens with zero attached hydrogens (tertiary/aromatic N) is 1. The average molecular weight is 269 g/mol. The fourth-order valence-electron chi connectivity index (χ4n) is 1.94. The maximum atomic E-state index is 12.2. The number of rotatable bonds is 4. The van der Waals surface area contributed by atoms with E-state index in [1.165, 1.54) is 0 Å². The summed E-state index contributed by atoms with van der Waals surface area (Å²) >= 11 is 0. The molecule has 2 N–H and O–H groups in total. The first-order chi connectivity index (χ1) is 9.60. The first kappa shape index (κ1) is 14.1. The number of carbonyl (C=O) groups is 1. The van der Waals surface area contributed by atoms with Gasteiger partial charge in [-0.1, -0.05) is 0 Å². The van der Waals surface area contributed by atoms with Crippen molar-refractivity contribution in [3.63, 3.8) is 0 Å². The molecule has 1 heterocycles. The minimum absolute atomic E-state index is 0.123. The summed E-state index contributed by atoms with van der Waals surface area (Å²) in [5.41, 5.74) is 4.38. The van der Waals surface area contributed by atoms with Crippen molar-refractivity contribution in [2.75, 3.05) is 17.2 Å². The topological polar surface area (TPSA) is 54.0 Å². The van der Waals surface area contributed by atoms with Gasteiger partial charge in [0.2, 0.25) is 0 Å². The predicted molar refractivity (Wildman–Crippen MR) is 82.3 cm³/mol. The van der Waals surface area contributed by atoms with Crippen LogP contribution < -0.4 is 10.6 Å². The number of aryl methyl sites for hydroxylation is 2. The smallest absolute Gasteiger partial charge is 0.255 e. The molecule has 0 radical (unpaired) electrons. The highest BCUT2D eigenvalue weighted by Crippen LogP contribution is 2.17. The molecule has 0 saturated heterocycles. The molecular weight excluding hydrogens is 250 g/mol. The quantitative estimate of drug-likeness (QED) is 0.894. The Hall–Kier alpha value is -2.36. The second kappa shape index (κ2) is 6.19. The van der Waals surface area contributed by atoms with Crippen molar-refractivity contribution >= 4 is 17.3 Å². The van der Waals surface area contributed by atoms with Crippen molar-refractivity contribution in [2.45, 2.75) is 20.8 Å². The van der Waals surface area contributed by atoms with Crippen LogP contribution in [0, 0.1) is 13.8 Å². The molecule has 0 fully saturated rings. The number of pyridine rings is 1.